The van der Waals surface area contributed by atoms with Gasteiger partial charge >= 0.3 is 5.69 Å². The number of hydrogen-bond donors (Lipinski definition) is 3. The summed E-state index contributed by atoms with van der Waals surface area (Å²) in [5, 5.41) is 20.5. The van der Waals surface area contributed by atoms with Crippen LogP contribution in [0.3, 0.4) is 0 Å². The molecule has 11 heteroatoms. The molecule has 0 aliphatic heterocycles. The Bertz CT molecular complexity index is 1080. The second-order valence-electron chi connectivity index (χ2n) is 5.99. The van der Waals surface area contributed by atoms with Crippen LogP contribution in [0.25, 0.3) is 11.2 Å². The number of aromatic nitrogens is 4. The first-order chi connectivity index (χ1) is 13.4. The van der Waals surface area contributed by atoms with Crippen molar-refractivity contribution in [2.75, 3.05) is 19.0 Å². The molecule has 0 amide bonds. The minimum absolute atomic E-state index is 0.0188. The van der Waals surface area contributed by atoms with E-state index in [-0.39, 0.29) is 30.9 Å². The average molecular weight is 427 g/mol. The fraction of sp³-hybridized carbons (Fsp3) is 0.353. The minimum atomic E-state index is -0.946. The lowest BCUT2D eigenvalue weighted by atomic mass is 10.3. The van der Waals surface area contributed by atoms with Crippen LogP contribution in [0.1, 0.15) is 0 Å². The quantitative estimate of drug-likeness (QED) is 0.451. The van der Waals surface area contributed by atoms with Crippen molar-refractivity contribution in [1.29, 1.82) is 0 Å². The van der Waals surface area contributed by atoms with Crippen LogP contribution in [0.4, 0.5) is 0 Å². The van der Waals surface area contributed by atoms with E-state index in [2.05, 4.69) is 9.97 Å². The number of H-pyrrole nitrogens is 1. The highest BCUT2D eigenvalue weighted by Crippen LogP contribution is 2.22. The maximum atomic E-state index is 12.3. The smallest absolute Gasteiger partial charge is 0.329 e. The molecule has 0 saturated heterocycles. The summed E-state index contributed by atoms with van der Waals surface area (Å²) < 4.78 is 8.31. The standard InChI is InChI=1S/C17H19ClN4O5S/c1-21-14-13(15(25)20-16(21)26)22(17(19-14)28-7-6-23)8-11(24)9-27-12-4-2-10(18)3-5-12/h2-5,11,23-24H,6-9H2,1H3,(H,20,25,26)/t11-/m1/s1. The summed E-state index contributed by atoms with van der Waals surface area (Å²) in [4.78, 5) is 30.7. The molecule has 1 atom stereocenters. The van der Waals surface area contributed by atoms with Crippen molar-refractivity contribution in [3.8, 4) is 5.75 Å². The van der Waals surface area contributed by atoms with Gasteiger partial charge in [-0.2, -0.15) is 0 Å². The van der Waals surface area contributed by atoms with E-state index < -0.39 is 17.4 Å². The molecule has 3 rings (SSSR count). The molecule has 0 fully saturated rings. The average Bonchev–Trinajstić information content (AvgIpc) is 3.03. The van der Waals surface area contributed by atoms with Crippen LogP contribution in [0.2, 0.25) is 5.02 Å². The monoisotopic (exact) mass is 426 g/mol. The van der Waals surface area contributed by atoms with Crippen molar-refractivity contribution < 1.29 is 14.9 Å². The molecule has 0 aliphatic carbocycles. The van der Waals surface area contributed by atoms with Gasteiger partial charge in [0.25, 0.3) is 5.56 Å². The van der Waals surface area contributed by atoms with E-state index in [1.807, 2.05) is 0 Å². The highest BCUT2D eigenvalue weighted by atomic mass is 35.5. The summed E-state index contributed by atoms with van der Waals surface area (Å²) in [6.07, 6.45) is -0.946. The van der Waals surface area contributed by atoms with Gasteiger partial charge in [-0.1, -0.05) is 23.4 Å². The van der Waals surface area contributed by atoms with Crippen molar-refractivity contribution in [3.05, 3.63) is 50.1 Å². The van der Waals surface area contributed by atoms with Gasteiger partial charge in [-0.15, -0.1) is 0 Å². The van der Waals surface area contributed by atoms with Crippen LogP contribution in [-0.2, 0) is 13.6 Å². The van der Waals surface area contributed by atoms with Gasteiger partial charge in [-0.25, -0.2) is 9.78 Å². The highest BCUT2D eigenvalue weighted by molar-refractivity contribution is 7.99. The largest absolute Gasteiger partial charge is 0.491 e. The fourth-order valence-electron chi connectivity index (χ4n) is 2.62. The normalized spacial score (nSPS) is 12.4. The third-order valence-electron chi connectivity index (χ3n) is 3.94. The molecule has 0 radical (unpaired) electrons. The van der Waals surface area contributed by atoms with Crippen molar-refractivity contribution >= 4 is 34.5 Å². The van der Waals surface area contributed by atoms with E-state index in [9.17, 15) is 14.7 Å². The molecule has 150 valence electrons. The Morgan fingerprint density at radius 2 is 2.04 bits per heavy atom. The SMILES string of the molecule is Cn1c(=O)[nH]c(=O)c2c1nc(SCCO)n2C[C@@H](O)COc1ccc(Cl)cc1. The van der Waals surface area contributed by atoms with Crippen LogP contribution in [0.5, 0.6) is 5.75 Å². The maximum absolute atomic E-state index is 12.3. The number of benzene rings is 1. The summed E-state index contributed by atoms with van der Waals surface area (Å²) in [7, 11) is 1.50. The number of nitrogens with zero attached hydrogens (tertiary/aromatic N) is 3. The number of imidazole rings is 1. The lowest BCUT2D eigenvalue weighted by Crippen LogP contribution is -2.30. The molecule has 0 aliphatic rings. The van der Waals surface area contributed by atoms with Crippen molar-refractivity contribution in [2.45, 2.75) is 17.8 Å². The molecule has 28 heavy (non-hydrogen) atoms. The molecular weight excluding hydrogens is 408 g/mol. The zero-order valence-electron chi connectivity index (χ0n) is 15.0. The van der Waals surface area contributed by atoms with Crippen LogP contribution < -0.4 is 16.0 Å². The van der Waals surface area contributed by atoms with Gasteiger partial charge in [-0.3, -0.25) is 14.3 Å². The zero-order valence-corrected chi connectivity index (χ0v) is 16.5. The summed E-state index contributed by atoms with van der Waals surface area (Å²) >= 11 is 7.05. The van der Waals surface area contributed by atoms with Gasteiger partial charge in [-0.05, 0) is 24.3 Å². The van der Waals surface area contributed by atoms with E-state index in [4.69, 9.17) is 21.4 Å². The molecule has 0 spiro atoms. The summed E-state index contributed by atoms with van der Waals surface area (Å²) in [6.45, 7) is -0.0698. The first kappa shape index (κ1) is 20.5. The minimum Gasteiger partial charge on any atom is -0.491 e. The van der Waals surface area contributed by atoms with Gasteiger partial charge < -0.3 is 19.5 Å². The van der Waals surface area contributed by atoms with Crippen LogP contribution >= 0.6 is 23.4 Å². The van der Waals surface area contributed by atoms with Gasteiger partial charge in [0.05, 0.1) is 13.2 Å². The molecule has 0 saturated carbocycles. The fourth-order valence-corrected chi connectivity index (χ4v) is 3.49. The molecule has 3 N–H and O–H groups in total. The Kier molecular flexibility index (Phi) is 6.45. The number of hydrogen-bond acceptors (Lipinski definition) is 7. The number of ether oxygens (including phenoxy) is 1. The zero-order chi connectivity index (χ0) is 20.3. The van der Waals surface area contributed by atoms with Crippen LogP contribution in [0, 0.1) is 0 Å². The number of aryl methyl sites for hydroxylation is 1. The first-order valence-corrected chi connectivity index (χ1v) is 9.76. The van der Waals surface area contributed by atoms with Crippen molar-refractivity contribution in [2.24, 2.45) is 7.05 Å². The molecular formula is C17H19ClN4O5S. The van der Waals surface area contributed by atoms with E-state index in [1.54, 1.807) is 24.3 Å². The topological polar surface area (TPSA) is 122 Å². The van der Waals surface area contributed by atoms with Crippen LogP contribution in [0.15, 0.2) is 39.0 Å². The summed E-state index contributed by atoms with van der Waals surface area (Å²) in [6, 6.07) is 6.72. The lowest BCUT2D eigenvalue weighted by Gasteiger charge is -2.15. The van der Waals surface area contributed by atoms with Crippen molar-refractivity contribution in [3.63, 3.8) is 0 Å². The van der Waals surface area contributed by atoms with Crippen molar-refractivity contribution in [1.82, 2.24) is 19.1 Å². The molecule has 1 aromatic carbocycles. The van der Waals surface area contributed by atoms with E-state index in [0.717, 1.165) is 0 Å². The third-order valence-corrected chi connectivity index (χ3v) is 5.15. The Hall–Kier alpha value is -2.27. The predicted molar refractivity (Wildman–Crippen MR) is 106 cm³/mol. The molecule has 9 nitrogen and oxygen atoms in total. The first-order valence-electron chi connectivity index (χ1n) is 8.40. The second-order valence-corrected chi connectivity index (χ2v) is 7.48. The third kappa shape index (κ3) is 4.41. The Labute approximate surface area is 168 Å². The van der Waals surface area contributed by atoms with Gasteiger partial charge in [0.1, 0.15) is 18.5 Å². The van der Waals surface area contributed by atoms with E-state index in [1.165, 1.54) is 27.9 Å². The molecule has 2 aromatic heterocycles. The molecule has 2 heterocycles. The second kappa shape index (κ2) is 8.82. The summed E-state index contributed by atoms with van der Waals surface area (Å²) in [5.41, 5.74) is -0.784. The Morgan fingerprint density at radius 3 is 2.71 bits per heavy atom. The van der Waals surface area contributed by atoms with E-state index >= 15 is 0 Å². The summed E-state index contributed by atoms with van der Waals surface area (Å²) in [5.74, 6) is 0.904. The number of aromatic amines is 1. The number of aliphatic hydroxyl groups excluding tert-OH is 2. The Morgan fingerprint density at radius 1 is 1.32 bits per heavy atom. The van der Waals surface area contributed by atoms with Gasteiger partial charge in [0, 0.05) is 17.8 Å². The number of thioether (sulfide) groups is 1. The number of rotatable bonds is 8. The molecule has 3 aromatic rings. The lowest BCUT2D eigenvalue weighted by molar-refractivity contribution is 0.0914. The highest BCUT2D eigenvalue weighted by Gasteiger charge is 2.20. The van der Waals surface area contributed by atoms with E-state index in [0.29, 0.717) is 21.7 Å². The molecule has 0 unspecified atom stereocenters. The maximum Gasteiger partial charge on any atom is 0.329 e. The predicted octanol–water partition coefficient (Wildman–Crippen LogP) is 0.601. The Balaban J connectivity index is 1.87. The number of aliphatic hydroxyl groups is 2. The number of halogens is 1. The number of fused-ring (bicyclic) bond motifs is 1. The number of nitrogens with one attached hydrogen (secondary N) is 1. The van der Waals surface area contributed by atoms with Crippen LogP contribution in [-0.4, -0.2) is 54.4 Å². The van der Waals surface area contributed by atoms with Gasteiger partial charge in [0.2, 0.25) is 0 Å². The molecule has 0 bridgehead atoms. The van der Waals surface area contributed by atoms with Gasteiger partial charge in [0.15, 0.2) is 16.3 Å².